The van der Waals surface area contributed by atoms with Crippen molar-refractivity contribution in [1.82, 2.24) is 10.2 Å². The molecule has 4 unspecified atom stereocenters. The fourth-order valence-electron chi connectivity index (χ4n) is 5.30. The van der Waals surface area contributed by atoms with Gasteiger partial charge in [0.1, 0.15) is 12.2 Å². The van der Waals surface area contributed by atoms with Gasteiger partial charge in [-0.3, -0.25) is 9.59 Å². The van der Waals surface area contributed by atoms with Gasteiger partial charge in [-0.2, -0.15) is 0 Å². The topological polar surface area (TPSA) is 129 Å². The third-order valence-electron chi connectivity index (χ3n) is 7.32. The number of aliphatic hydroxyl groups is 3. The maximum atomic E-state index is 13.3. The molecule has 9 heteroatoms. The summed E-state index contributed by atoms with van der Waals surface area (Å²) >= 11 is 0. The van der Waals surface area contributed by atoms with Crippen LogP contribution in [0.2, 0.25) is 0 Å². The fraction of sp³-hybridized carbons (Fsp3) is 0.630. The highest BCUT2D eigenvalue weighted by Gasteiger charge is 2.52. The van der Waals surface area contributed by atoms with Crippen molar-refractivity contribution >= 4 is 11.8 Å². The summed E-state index contributed by atoms with van der Waals surface area (Å²) in [4.78, 5) is 28.3. The number of amides is 2. The number of unbranched alkanes of at least 4 members (excludes halogenated alkanes) is 3. The molecule has 3 aliphatic rings. The van der Waals surface area contributed by atoms with Crippen molar-refractivity contribution in [2.24, 2.45) is 5.92 Å². The first-order chi connectivity index (χ1) is 17.4. The molecule has 36 heavy (non-hydrogen) atoms. The minimum absolute atomic E-state index is 0.0102. The van der Waals surface area contributed by atoms with Gasteiger partial charge in [0.05, 0.1) is 32.3 Å². The molecule has 1 fully saturated rings. The van der Waals surface area contributed by atoms with Gasteiger partial charge < -0.3 is 35.0 Å². The lowest BCUT2D eigenvalue weighted by molar-refractivity contribution is -0.138. The van der Waals surface area contributed by atoms with E-state index in [2.05, 4.69) is 12.2 Å². The van der Waals surface area contributed by atoms with E-state index in [1.807, 2.05) is 0 Å². The van der Waals surface area contributed by atoms with Gasteiger partial charge in [0.15, 0.2) is 11.5 Å². The van der Waals surface area contributed by atoms with Crippen molar-refractivity contribution in [3.63, 3.8) is 0 Å². The fourth-order valence-corrected chi connectivity index (χ4v) is 5.30. The Balaban J connectivity index is 1.74. The Hall–Kier alpha value is -2.62. The van der Waals surface area contributed by atoms with Gasteiger partial charge in [-0.25, -0.2) is 0 Å². The van der Waals surface area contributed by atoms with Crippen molar-refractivity contribution in [3.8, 4) is 11.5 Å². The molecule has 9 nitrogen and oxygen atoms in total. The van der Waals surface area contributed by atoms with Gasteiger partial charge in [0, 0.05) is 30.1 Å². The summed E-state index contributed by atoms with van der Waals surface area (Å²) in [5.41, 5.74) is 1.62. The van der Waals surface area contributed by atoms with E-state index in [1.165, 1.54) is 7.11 Å². The first kappa shape index (κ1) is 26.4. The minimum atomic E-state index is -1.06. The first-order valence-corrected chi connectivity index (χ1v) is 13.0. The Morgan fingerprint density at radius 1 is 1.19 bits per heavy atom. The summed E-state index contributed by atoms with van der Waals surface area (Å²) < 4.78 is 11.7. The molecule has 1 saturated carbocycles. The van der Waals surface area contributed by atoms with Crippen molar-refractivity contribution in [1.29, 1.82) is 0 Å². The van der Waals surface area contributed by atoms with Crippen LogP contribution in [0.1, 0.15) is 62.5 Å². The molecule has 1 heterocycles. The second-order valence-electron chi connectivity index (χ2n) is 9.88. The highest BCUT2D eigenvalue weighted by Crippen LogP contribution is 2.51. The second-order valence-corrected chi connectivity index (χ2v) is 9.88. The predicted octanol–water partition coefficient (Wildman–Crippen LogP) is 1.63. The molecule has 0 spiro atoms. The van der Waals surface area contributed by atoms with Crippen LogP contribution in [0.15, 0.2) is 23.8 Å². The molecule has 4 N–H and O–H groups in total. The number of carbonyl (C=O) groups excluding carboxylic acids is 2. The number of hydrogen-bond acceptors (Lipinski definition) is 7. The smallest absolute Gasteiger partial charge is 0.247 e. The normalized spacial score (nSPS) is 24.3. The summed E-state index contributed by atoms with van der Waals surface area (Å²) in [7, 11) is 1.50. The van der Waals surface area contributed by atoms with E-state index in [0.29, 0.717) is 34.7 Å². The van der Waals surface area contributed by atoms with Gasteiger partial charge in [-0.15, -0.1) is 0 Å². The highest BCUT2D eigenvalue weighted by atomic mass is 16.5. The van der Waals surface area contributed by atoms with Gasteiger partial charge in [-0.05, 0) is 43.0 Å². The molecule has 1 aromatic rings. The van der Waals surface area contributed by atoms with E-state index < -0.39 is 24.2 Å². The number of aliphatic hydroxyl groups excluding tert-OH is 3. The van der Waals surface area contributed by atoms with E-state index >= 15 is 0 Å². The molecular formula is C27H38N2O7. The zero-order valence-corrected chi connectivity index (χ0v) is 21.1. The number of nitrogens with one attached hydrogen (secondary N) is 1. The molecule has 2 amide bonds. The van der Waals surface area contributed by atoms with Crippen molar-refractivity contribution in [2.75, 3.05) is 26.8 Å². The minimum Gasteiger partial charge on any atom is -0.493 e. The third-order valence-corrected chi connectivity index (χ3v) is 7.32. The molecule has 4 atom stereocenters. The maximum absolute atomic E-state index is 13.3. The van der Waals surface area contributed by atoms with Crippen LogP contribution in [-0.2, 0) is 16.2 Å². The van der Waals surface area contributed by atoms with Crippen LogP contribution in [0.25, 0.3) is 0 Å². The molecule has 0 radical (unpaired) electrons. The van der Waals surface area contributed by atoms with Crippen molar-refractivity contribution in [3.05, 3.63) is 34.9 Å². The Morgan fingerprint density at radius 3 is 2.61 bits per heavy atom. The number of methoxy groups -OCH3 is 1. The van der Waals surface area contributed by atoms with Crippen LogP contribution in [0.3, 0.4) is 0 Å². The molecule has 1 aromatic carbocycles. The zero-order valence-electron chi connectivity index (χ0n) is 21.1. The van der Waals surface area contributed by atoms with Gasteiger partial charge in [0.2, 0.25) is 11.8 Å². The van der Waals surface area contributed by atoms with Crippen LogP contribution >= 0.6 is 0 Å². The molecule has 1 aliphatic heterocycles. The summed E-state index contributed by atoms with van der Waals surface area (Å²) in [6.45, 7) is 2.28. The lowest BCUT2D eigenvalue weighted by atomic mass is 9.77. The van der Waals surface area contributed by atoms with Crippen LogP contribution in [0.4, 0.5) is 0 Å². The number of carbonyl (C=O) groups is 2. The van der Waals surface area contributed by atoms with Crippen molar-refractivity contribution in [2.45, 2.75) is 76.2 Å². The van der Waals surface area contributed by atoms with E-state index in [1.54, 1.807) is 23.1 Å². The lowest BCUT2D eigenvalue weighted by Crippen LogP contribution is -2.56. The molecule has 0 bridgehead atoms. The predicted molar refractivity (Wildman–Crippen MR) is 133 cm³/mol. The lowest BCUT2D eigenvalue weighted by Gasteiger charge is -2.41. The number of rotatable bonds is 12. The standard InChI is InChI=1S/C27H38N2O7/c1-3-4-5-6-10-29(27(34)17-7-8-17)20-14-19(26(33)28-9-11-30)22-18-12-16(15-31)13-21(35-2)24(18)36-25(22)23(20)32/h12-14,17,20,22-23,25,30-32H,3-11,15H2,1-2H3,(H,28,33). The van der Waals surface area contributed by atoms with Crippen molar-refractivity contribution < 1.29 is 34.4 Å². The Labute approximate surface area is 212 Å². The van der Waals surface area contributed by atoms with E-state index in [9.17, 15) is 24.9 Å². The highest BCUT2D eigenvalue weighted by molar-refractivity contribution is 5.96. The van der Waals surface area contributed by atoms with Crippen LogP contribution in [-0.4, -0.2) is 77.1 Å². The Morgan fingerprint density at radius 2 is 1.97 bits per heavy atom. The third kappa shape index (κ3) is 5.23. The maximum Gasteiger partial charge on any atom is 0.247 e. The average Bonchev–Trinajstić information content (AvgIpc) is 3.67. The van der Waals surface area contributed by atoms with E-state index in [0.717, 1.165) is 38.5 Å². The Bertz CT molecular complexity index is 991. The number of benzene rings is 1. The van der Waals surface area contributed by atoms with E-state index in [-0.39, 0.29) is 37.5 Å². The van der Waals surface area contributed by atoms with E-state index in [4.69, 9.17) is 9.47 Å². The first-order valence-electron chi connectivity index (χ1n) is 13.0. The molecular weight excluding hydrogens is 464 g/mol. The number of fused-ring (bicyclic) bond motifs is 3. The summed E-state index contributed by atoms with van der Waals surface area (Å²) in [5.74, 6) is -0.177. The number of ether oxygens (including phenoxy) is 2. The molecule has 0 aromatic heterocycles. The van der Waals surface area contributed by atoms with Gasteiger partial charge in [0.25, 0.3) is 0 Å². The van der Waals surface area contributed by atoms with Crippen LogP contribution < -0.4 is 14.8 Å². The monoisotopic (exact) mass is 502 g/mol. The zero-order chi connectivity index (χ0) is 25.8. The largest absolute Gasteiger partial charge is 0.493 e. The molecule has 4 rings (SSSR count). The molecule has 2 aliphatic carbocycles. The quantitative estimate of drug-likeness (QED) is 0.320. The SMILES string of the molecule is CCCCCCN(C(=O)C1CC1)C1C=C(C(=O)NCCO)C2c3cc(CO)cc(OC)c3OC2C1O. The number of nitrogens with zero attached hydrogens (tertiary/aromatic N) is 1. The van der Waals surface area contributed by atoms with Gasteiger partial charge >= 0.3 is 0 Å². The summed E-state index contributed by atoms with van der Waals surface area (Å²) in [5, 5.41) is 33.3. The second kappa shape index (κ2) is 11.6. The Kier molecular flexibility index (Phi) is 8.54. The molecule has 0 saturated heterocycles. The number of hydrogen-bond donors (Lipinski definition) is 4. The van der Waals surface area contributed by atoms with Gasteiger partial charge in [-0.1, -0.05) is 26.2 Å². The van der Waals surface area contributed by atoms with Crippen LogP contribution in [0, 0.1) is 5.92 Å². The summed E-state index contributed by atoms with van der Waals surface area (Å²) in [6, 6.07) is 2.72. The molecule has 198 valence electrons. The average molecular weight is 503 g/mol. The summed E-state index contributed by atoms with van der Waals surface area (Å²) in [6.07, 6.45) is 5.46. The van der Waals surface area contributed by atoms with Crippen LogP contribution in [0.5, 0.6) is 11.5 Å².